The highest BCUT2D eigenvalue weighted by Gasteiger charge is 2.10. The molecule has 0 aliphatic rings. The molecule has 0 spiro atoms. The summed E-state index contributed by atoms with van der Waals surface area (Å²) in [5.74, 6) is 0. The van der Waals surface area contributed by atoms with Crippen molar-refractivity contribution < 1.29 is 24.1 Å². The van der Waals surface area contributed by atoms with Crippen LogP contribution in [-0.4, -0.2) is 44.3 Å². The van der Waals surface area contributed by atoms with Crippen LogP contribution in [0.4, 0.5) is 4.79 Å². The van der Waals surface area contributed by atoms with Gasteiger partial charge in [0.1, 0.15) is 12.7 Å². The Kier molecular flexibility index (Phi) is 7.33. The van der Waals surface area contributed by atoms with Crippen molar-refractivity contribution in [2.45, 2.75) is 19.4 Å². The second kappa shape index (κ2) is 7.82. The molecule has 5 nitrogen and oxygen atoms in total. The van der Waals surface area contributed by atoms with E-state index in [2.05, 4.69) is 9.47 Å². The lowest BCUT2D eigenvalue weighted by molar-refractivity contribution is -0.0353. The predicted molar refractivity (Wildman–Crippen MR) is 45.5 cm³/mol. The molecule has 0 aromatic rings. The Hall–Kier alpha value is -0.810. The molecule has 0 saturated carbocycles. The fraction of sp³-hybridized carbons (Fsp3) is 0.875. The number of rotatable bonds is 6. The number of methoxy groups -OCH3 is 1. The molecule has 0 aromatic carbocycles. The van der Waals surface area contributed by atoms with E-state index in [0.717, 1.165) is 6.42 Å². The molecule has 78 valence electrons. The summed E-state index contributed by atoms with van der Waals surface area (Å²) in [4.78, 5) is 10.5. The molecular formula is C8H16O5. The zero-order valence-electron chi connectivity index (χ0n) is 7.99. The molecule has 0 heterocycles. The minimum absolute atomic E-state index is 0.0170. The van der Waals surface area contributed by atoms with Gasteiger partial charge in [-0.3, -0.25) is 0 Å². The van der Waals surface area contributed by atoms with Gasteiger partial charge in [-0.25, -0.2) is 4.79 Å². The van der Waals surface area contributed by atoms with Crippen LogP contribution >= 0.6 is 0 Å². The first kappa shape index (κ1) is 12.2. The average Bonchev–Trinajstić information content (AvgIpc) is 2.17. The SMILES string of the molecule is CCCOC(CO)COC(=O)OC. The molecular weight excluding hydrogens is 176 g/mol. The van der Waals surface area contributed by atoms with E-state index in [4.69, 9.17) is 9.84 Å². The summed E-state index contributed by atoms with van der Waals surface area (Å²) in [7, 11) is 1.23. The minimum Gasteiger partial charge on any atom is -0.438 e. The van der Waals surface area contributed by atoms with Crippen molar-refractivity contribution in [2.75, 3.05) is 26.9 Å². The zero-order chi connectivity index (χ0) is 10.1. The third-order valence-electron chi connectivity index (χ3n) is 1.32. The highest BCUT2D eigenvalue weighted by Crippen LogP contribution is 1.95. The summed E-state index contributed by atoms with van der Waals surface area (Å²) in [5.41, 5.74) is 0. The molecule has 1 N–H and O–H groups in total. The number of hydrogen-bond donors (Lipinski definition) is 1. The van der Waals surface area contributed by atoms with Gasteiger partial charge < -0.3 is 19.3 Å². The number of aliphatic hydroxyl groups excluding tert-OH is 1. The molecule has 0 bridgehead atoms. The van der Waals surface area contributed by atoms with E-state index in [1.165, 1.54) is 7.11 Å². The molecule has 0 saturated heterocycles. The van der Waals surface area contributed by atoms with Crippen LogP contribution in [0.3, 0.4) is 0 Å². The lowest BCUT2D eigenvalue weighted by Crippen LogP contribution is -2.26. The minimum atomic E-state index is -0.765. The maximum absolute atomic E-state index is 10.5. The fourth-order valence-corrected chi connectivity index (χ4v) is 0.658. The molecule has 1 unspecified atom stereocenters. The molecule has 0 aliphatic heterocycles. The van der Waals surface area contributed by atoms with Crippen molar-refractivity contribution in [2.24, 2.45) is 0 Å². The monoisotopic (exact) mass is 192 g/mol. The summed E-state index contributed by atoms with van der Waals surface area (Å²) >= 11 is 0. The van der Waals surface area contributed by atoms with Gasteiger partial charge in [0.2, 0.25) is 0 Å². The van der Waals surface area contributed by atoms with E-state index in [9.17, 15) is 4.79 Å². The number of carbonyl (C=O) groups excluding carboxylic acids is 1. The normalized spacial score (nSPS) is 12.2. The second-order valence-corrected chi connectivity index (χ2v) is 2.44. The smallest absolute Gasteiger partial charge is 0.438 e. The Bertz CT molecular complexity index is 136. The van der Waals surface area contributed by atoms with Crippen LogP contribution in [0.2, 0.25) is 0 Å². The summed E-state index contributed by atoms with van der Waals surface area (Å²) in [5, 5.41) is 8.78. The molecule has 0 amide bonds. The van der Waals surface area contributed by atoms with Gasteiger partial charge in [-0.05, 0) is 6.42 Å². The summed E-state index contributed by atoms with van der Waals surface area (Å²) in [6.45, 7) is 2.34. The Morgan fingerprint density at radius 2 is 2.23 bits per heavy atom. The van der Waals surface area contributed by atoms with Crippen LogP contribution in [0.15, 0.2) is 0 Å². The lowest BCUT2D eigenvalue weighted by Gasteiger charge is -2.14. The van der Waals surface area contributed by atoms with Crippen molar-refractivity contribution in [3.8, 4) is 0 Å². The van der Waals surface area contributed by atoms with Crippen LogP contribution in [0.25, 0.3) is 0 Å². The van der Waals surface area contributed by atoms with E-state index in [0.29, 0.717) is 6.61 Å². The summed E-state index contributed by atoms with van der Waals surface area (Å²) in [6, 6.07) is 0. The first-order chi connectivity index (χ1) is 6.24. The molecule has 0 rings (SSSR count). The molecule has 1 atom stereocenters. The van der Waals surface area contributed by atoms with Crippen LogP contribution in [0, 0.1) is 0 Å². The first-order valence-corrected chi connectivity index (χ1v) is 4.17. The van der Waals surface area contributed by atoms with Crippen molar-refractivity contribution in [3.05, 3.63) is 0 Å². The first-order valence-electron chi connectivity index (χ1n) is 4.17. The summed E-state index contributed by atoms with van der Waals surface area (Å²) in [6.07, 6.45) is -0.369. The Morgan fingerprint density at radius 3 is 2.69 bits per heavy atom. The van der Waals surface area contributed by atoms with Gasteiger partial charge in [0.25, 0.3) is 0 Å². The van der Waals surface area contributed by atoms with Crippen molar-refractivity contribution in [1.29, 1.82) is 0 Å². The van der Waals surface area contributed by atoms with Gasteiger partial charge >= 0.3 is 6.16 Å². The van der Waals surface area contributed by atoms with Crippen LogP contribution in [0.5, 0.6) is 0 Å². The van der Waals surface area contributed by atoms with E-state index >= 15 is 0 Å². The van der Waals surface area contributed by atoms with Crippen LogP contribution < -0.4 is 0 Å². The summed E-state index contributed by atoms with van der Waals surface area (Å²) < 4.78 is 14.0. The van der Waals surface area contributed by atoms with E-state index in [1.54, 1.807) is 0 Å². The number of hydrogen-bond acceptors (Lipinski definition) is 5. The molecule has 13 heavy (non-hydrogen) atoms. The third-order valence-corrected chi connectivity index (χ3v) is 1.32. The molecule has 0 radical (unpaired) electrons. The quantitative estimate of drug-likeness (QED) is 0.623. The standard InChI is InChI=1S/C8H16O5/c1-3-4-12-7(5-9)6-13-8(10)11-2/h7,9H,3-6H2,1-2H3. The third kappa shape index (κ3) is 6.36. The lowest BCUT2D eigenvalue weighted by atomic mass is 10.4. The molecule has 5 heteroatoms. The van der Waals surface area contributed by atoms with Gasteiger partial charge in [-0.15, -0.1) is 0 Å². The van der Waals surface area contributed by atoms with Gasteiger partial charge in [-0.2, -0.15) is 0 Å². The Labute approximate surface area is 77.6 Å². The van der Waals surface area contributed by atoms with E-state index in [-0.39, 0.29) is 13.2 Å². The average molecular weight is 192 g/mol. The fourth-order valence-electron chi connectivity index (χ4n) is 0.658. The maximum atomic E-state index is 10.5. The van der Waals surface area contributed by atoms with Gasteiger partial charge in [0.05, 0.1) is 13.7 Å². The van der Waals surface area contributed by atoms with Gasteiger partial charge in [-0.1, -0.05) is 6.92 Å². The van der Waals surface area contributed by atoms with Crippen LogP contribution in [-0.2, 0) is 14.2 Å². The highest BCUT2D eigenvalue weighted by atomic mass is 16.7. The van der Waals surface area contributed by atoms with Crippen LogP contribution in [0.1, 0.15) is 13.3 Å². The number of aliphatic hydroxyl groups is 1. The number of ether oxygens (including phenoxy) is 3. The zero-order valence-corrected chi connectivity index (χ0v) is 7.99. The Balaban J connectivity index is 3.52. The van der Waals surface area contributed by atoms with Crippen molar-refractivity contribution in [1.82, 2.24) is 0 Å². The molecule has 0 aliphatic carbocycles. The predicted octanol–water partition coefficient (Wildman–Crippen LogP) is 0.557. The van der Waals surface area contributed by atoms with Crippen molar-refractivity contribution in [3.63, 3.8) is 0 Å². The van der Waals surface area contributed by atoms with Gasteiger partial charge in [0, 0.05) is 6.61 Å². The van der Waals surface area contributed by atoms with Gasteiger partial charge in [0.15, 0.2) is 0 Å². The Morgan fingerprint density at radius 1 is 1.54 bits per heavy atom. The number of carbonyl (C=O) groups is 1. The maximum Gasteiger partial charge on any atom is 0.508 e. The van der Waals surface area contributed by atoms with E-state index < -0.39 is 12.3 Å². The van der Waals surface area contributed by atoms with E-state index in [1.807, 2.05) is 6.92 Å². The van der Waals surface area contributed by atoms with Crippen molar-refractivity contribution >= 4 is 6.16 Å². The topological polar surface area (TPSA) is 65.0 Å². The second-order valence-electron chi connectivity index (χ2n) is 2.44. The highest BCUT2D eigenvalue weighted by molar-refractivity contribution is 5.59. The largest absolute Gasteiger partial charge is 0.508 e. The molecule has 0 fully saturated rings. The molecule has 0 aromatic heterocycles.